The van der Waals surface area contributed by atoms with Gasteiger partial charge in [0.15, 0.2) is 0 Å². The van der Waals surface area contributed by atoms with Crippen molar-refractivity contribution in [3.05, 3.63) is 37.0 Å². The van der Waals surface area contributed by atoms with Gasteiger partial charge in [0.2, 0.25) is 0 Å². The lowest BCUT2D eigenvalue weighted by atomic mass is 10.0. The Morgan fingerprint density at radius 2 is 1.05 bits per heavy atom. The van der Waals surface area contributed by atoms with E-state index in [1.807, 2.05) is 6.08 Å². The first-order valence-corrected chi connectivity index (χ1v) is 8.84. The van der Waals surface area contributed by atoms with Gasteiger partial charge in [0.1, 0.15) is 0 Å². The Morgan fingerprint density at radius 1 is 0.600 bits per heavy atom. The normalized spacial score (nSPS) is 11.7. The van der Waals surface area contributed by atoms with E-state index in [0.717, 1.165) is 0 Å². The van der Waals surface area contributed by atoms with E-state index in [1.165, 1.54) is 83.5 Å². The third-order valence-electron chi connectivity index (χ3n) is 3.67. The van der Waals surface area contributed by atoms with Crippen LogP contribution in [0.1, 0.15) is 90.4 Å². The van der Waals surface area contributed by atoms with E-state index in [4.69, 9.17) is 0 Å². The average molecular weight is 277 g/mol. The topological polar surface area (TPSA) is 0 Å². The molecule has 0 aliphatic carbocycles. The highest BCUT2D eigenvalue weighted by Gasteiger charge is 1.92. The minimum atomic E-state index is 1.19. The third-order valence-corrected chi connectivity index (χ3v) is 3.67. The molecule has 0 aliphatic heterocycles. The molecule has 0 unspecified atom stereocenters. The maximum atomic E-state index is 3.68. The van der Waals surface area contributed by atoms with Crippen molar-refractivity contribution >= 4 is 0 Å². The van der Waals surface area contributed by atoms with Crippen LogP contribution in [0.3, 0.4) is 0 Å². The van der Waals surface area contributed by atoms with E-state index in [1.54, 1.807) is 0 Å². The molecule has 0 heterocycles. The molecule has 0 rings (SSSR count). The highest BCUT2D eigenvalue weighted by Crippen LogP contribution is 2.12. The van der Waals surface area contributed by atoms with Gasteiger partial charge in [-0.05, 0) is 32.1 Å². The van der Waals surface area contributed by atoms with Crippen molar-refractivity contribution in [2.24, 2.45) is 0 Å². The lowest BCUT2D eigenvalue weighted by Gasteiger charge is -2.01. The SMILES string of the molecule is C=CC=CCCCCCCCCCCCCC=CCC. The van der Waals surface area contributed by atoms with E-state index < -0.39 is 0 Å². The molecule has 0 atom stereocenters. The van der Waals surface area contributed by atoms with Gasteiger partial charge in [0, 0.05) is 0 Å². The Kier molecular flexibility index (Phi) is 17.5. The van der Waals surface area contributed by atoms with Crippen molar-refractivity contribution in [3.8, 4) is 0 Å². The molecule has 0 fully saturated rings. The van der Waals surface area contributed by atoms with Crippen LogP contribution in [0.15, 0.2) is 37.0 Å². The summed E-state index contributed by atoms with van der Waals surface area (Å²) >= 11 is 0. The molecule has 0 aromatic carbocycles. The second-order valence-electron chi connectivity index (χ2n) is 5.66. The van der Waals surface area contributed by atoms with Crippen molar-refractivity contribution in [2.45, 2.75) is 90.4 Å². The summed E-state index contributed by atoms with van der Waals surface area (Å²) in [6.07, 6.45) is 28.6. The maximum Gasteiger partial charge on any atom is -0.0348 e. The van der Waals surface area contributed by atoms with Crippen LogP contribution in [0, 0.1) is 0 Å². The molecule has 0 saturated heterocycles. The van der Waals surface area contributed by atoms with Gasteiger partial charge in [-0.15, -0.1) is 0 Å². The van der Waals surface area contributed by atoms with Gasteiger partial charge < -0.3 is 0 Å². The van der Waals surface area contributed by atoms with Crippen molar-refractivity contribution in [2.75, 3.05) is 0 Å². The third kappa shape index (κ3) is 17.2. The fraction of sp³-hybridized carbons (Fsp3) is 0.700. The highest BCUT2D eigenvalue weighted by atomic mass is 14.0. The van der Waals surface area contributed by atoms with Gasteiger partial charge in [-0.1, -0.05) is 95.2 Å². The van der Waals surface area contributed by atoms with E-state index >= 15 is 0 Å². The zero-order valence-electron chi connectivity index (χ0n) is 13.8. The maximum absolute atomic E-state index is 3.68. The Balaban J connectivity index is 3.00. The number of rotatable bonds is 15. The minimum absolute atomic E-state index is 1.19. The first-order valence-electron chi connectivity index (χ1n) is 8.84. The molecule has 0 aromatic heterocycles. The first-order chi connectivity index (χ1) is 9.91. The lowest BCUT2D eigenvalue weighted by molar-refractivity contribution is 0.553. The molecule has 0 heteroatoms. The molecule has 0 spiro atoms. The molecule has 0 aromatic rings. The van der Waals surface area contributed by atoms with Crippen LogP contribution in [-0.4, -0.2) is 0 Å². The van der Waals surface area contributed by atoms with Crippen molar-refractivity contribution in [1.29, 1.82) is 0 Å². The Labute approximate surface area is 128 Å². The monoisotopic (exact) mass is 276 g/mol. The summed E-state index contributed by atoms with van der Waals surface area (Å²) in [5.41, 5.74) is 0. The molecule has 0 aliphatic rings. The van der Waals surface area contributed by atoms with Gasteiger partial charge >= 0.3 is 0 Å². The van der Waals surface area contributed by atoms with E-state index in [0.29, 0.717) is 0 Å². The molecule has 20 heavy (non-hydrogen) atoms. The molecule has 0 bridgehead atoms. The van der Waals surface area contributed by atoms with Gasteiger partial charge in [-0.2, -0.15) is 0 Å². The Bertz CT molecular complexity index is 234. The van der Waals surface area contributed by atoms with Crippen LogP contribution in [0.25, 0.3) is 0 Å². The zero-order chi connectivity index (χ0) is 14.7. The van der Waals surface area contributed by atoms with Crippen LogP contribution in [0.5, 0.6) is 0 Å². The quantitative estimate of drug-likeness (QED) is 0.166. The standard InChI is InChI=1S/C20H36/c1-3-5-7-9-11-13-15-17-19-20-18-16-14-12-10-8-6-4-2/h3,5-8H,1,4,9-20H2,2H3. The molecule has 0 radical (unpaired) electrons. The predicted octanol–water partition coefficient (Wildman–Crippen LogP) is 7.38. The van der Waals surface area contributed by atoms with Crippen molar-refractivity contribution < 1.29 is 0 Å². The Hall–Kier alpha value is -0.780. The van der Waals surface area contributed by atoms with Crippen molar-refractivity contribution in [3.63, 3.8) is 0 Å². The summed E-state index contributed by atoms with van der Waals surface area (Å²) < 4.78 is 0. The molecule has 0 nitrogen and oxygen atoms in total. The van der Waals surface area contributed by atoms with E-state index in [-0.39, 0.29) is 0 Å². The average Bonchev–Trinajstić information content (AvgIpc) is 2.47. The summed E-state index contributed by atoms with van der Waals surface area (Å²) in [5.74, 6) is 0. The summed E-state index contributed by atoms with van der Waals surface area (Å²) in [6, 6.07) is 0. The smallest absolute Gasteiger partial charge is 0.0348 e. The van der Waals surface area contributed by atoms with E-state index in [9.17, 15) is 0 Å². The second-order valence-corrected chi connectivity index (χ2v) is 5.66. The van der Waals surface area contributed by atoms with E-state index in [2.05, 4.69) is 37.8 Å². The second kappa shape index (κ2) is 18.2. The molecular formula is C20H36. The number of unbranched alkanes of at least 4 members (excludes halogenated alkanes) is 11. The summed E-state index contributed by atoms with van der Waals surface area (Å²) in [6.45, 7) is 5.88. The number of allylic oxidation sites excluding steroid dienone is 5. The first kappa shape index (κ1) is 19.2. The van der Waals surface area contributed by atoms with Crippen LogP contribution in [-0.2, 0) is 0 Å². The van der Waals surface area contributed by atoms with Gasteiger partial charge in [0.25, 0.3) is 0 Å². The van der Waals surface area contributed by atoms with Gasteiger partial charge in [-0.25, -0.2) is 0 Å². The largest absolute Gasteiger partial charge is 0.0991 e. The summed E-state index contributed by atoms with van der Waals surface area (Å²) in [4.78, 5) is 0. The van der Waals surface area contributed by atoms with Crippen LogP contribution < -0.4 is 0 Å². The Morgan fingerprint density at radius 3 is 1.50 bits per heavy atom. The molecule has 0 saturated carbocycles. The van der Waals surface area contributed by atoms with Gasteiger partial charge in [-0.3, -0.25) is 0 Å². The molecular weight excluding hydrogens is 240 g/mol. The summed E-state index contributed by atoms with van der Waals surface area (Å²) in [7, 11) is 0. The predicted molar refractivity (Wildman–Crippen MR) is 94.2 cm³/mol. The minimum Gasteiger partial charge on any atom is -0.0991 e. The van der Waals surface area contributed by atoms with Crippen LogP contribution in [0.2, 0.25) is 0 Å². The summed E-state index contributed by atoms with van der Waals surface area (Å²) in [5, 5.41) is 0. The number of hydrogen-bond donors (Lipinski definition) is 0. The van der Waals surface area contributed by atoms with Crippen LogP contribution in [0.4, 0.5) is 0 Å². The molecule has 0 amide bonds. The zero-order valence-corrected chi connectivity index (χ0v) is 13.8. The lowest BCUT2D eigenvalue weighted by Crippen LogP contribution is -1.82. The molecule has 0 N–H and O–H groups in total. The molecule has 116 valence electrons. The van der Waals surface area contributed by atoms with Gasteiger partial charge in [0.05, 0.1) is 0 Å². The highest BCUT2D eigenvalue weighted by molar-refractivity contribution is 4.96. The fourth-order valence-electron chi connectivity index (χ4n) is 2.42. The number of hydrogen-bond acceptors (Lipinski definition) is 0. The fourth-order valence-corrected chi connectivity index (χ4v) is 2.42. The van der Waals surface area contributed by atoms with Crippen molar-refractivity contribution in [1.82, 2.24) is 0 Å². The van der Waals surface area contributed by atoms with Crippen LogP contribution >= 0.6 is 0 Å².